The van der Waals surface area contributed by atoms with E-state index in [0.29, 0.717) is 35.4 Å². The van der Waals surface area contributed by atoms with E-state index in [0.717, 1.165) is 94.6 Å². The largest absolute Gasteiger partial charge is 0.503 e. The van der Waals surface area contributed by atoms with E-state index in [1.807, 2.05) is 30.3 Å². The third kappa shape index (κ3) is 6.97. The third-order valence-electron chi connectivity index (χ3n) is 13.3. The maximum atomic E-state index is 14.3. The number of hydrogen-bond donors (Lipinski definition) is 3. The lowest BCUT2D eigenvalue weighted by Gasteiger charge is -2.51. The molecule has 2 aromatic carbocycles. The van der Waals surface area contributed by atoms with Crippen molar-refractivity contribution in [2.24, 2.45) is 12.5 Å². The van der Waals surface area contributed by atoms with E-state index >= 15 is 0 Å². The third-order valence-corrected chi connectivity index (χ3v) is 13.3. The summed E-state index contributed by atoms with van der Waals surface area (Å²) in [5.41, 5.74) is 1.32. The number of carbonyl (C=O) groups is 3. The molecule has 314 valence electrons. The number of rotatable bonds is 10. The molecule has 5 fully saturated rings. The maximum absolute atomic E-state index is 14.3. The summed E-state index contributed by atoms with van der Waals surface area (Å²) >= 11 is 0. The number of imidazole rings is 1. The predicted octanol–water partition coefficient (Wildman–Crippen LogP) is 3.67. The summed E-state index contributed by atoms with van der Waals surface area (Å²) in [5.74, 6) is -6.35. The van der Waals surface area contributed by atoms with Gasteiger partial charge in [-0.3, -0.25) is 33.7 Å². The smallest absolute Gasteiger partial charge is 0.329 e. The summed E-state index contributed by atoms with van der Waals surface area (Å²) in [5, 5.41) is 27.4. The SMILES string of the molecule is Cn1c(=O)n(C2CCC(=O)NC2=O)c2ccc(CCN3CCN(c4ccc(-c5noc(C67CCC(CNC(=O)c8cc(F)c(O)c(F)c8F)(CC6)CC7)n5)nn4)CC3)cc21. The number of halogens is 3. The van der Waals surface area contributed by atoms with Crippen LogP contribution in [0, 0.1) is 22.9 Å². The fourth-order valence-corrected chi connectivity index (χ4v) is 9.40. The Morgan fingerprint density at radius 2 is 1.70 bits per heavy atom. The number of piperazine rings is 1. The second kappa shape index (κ2) is 15.2. The Hall–Kier alpha value is -6.11. The summed E-state index contributed by atoms with van der Waals surface area (Å²) in [6.07, 6.45) is 5.65. The number of aromatic nitrogens is 6. The zero-order chi connectivity index (χ0) is 41.9. The molecule has 5 aromatic rings. The summed E-state index contributed by atoms with van der Waals surface area (Å²) in [7, 11) is 1.70. The second-order valence-corrected chi connectivity index (χ2v) is 16.6. The first kappa shape index (κ1) is 39.4. The summed E-state index contributed by atoms with van der Waals surface area (Å²) < 4.78 is 50.8. The van der Waals surface area contributed by atoms with Gasteiger partial charge >= 0.3 is 5.69 Å². The highest BCUT2D eigenvalue weighted by Crippen LogP contribution is 2.57. The zero-order valence-corrected chi connectivity index (χ0v) is 32.8. The van der Waals surface area contributed by atoms with E-state index in [1.165, 1.54) is 4.57 Å². The number of phenolic OH excluding ortho intramolecular Hbond substituents is 1. The molecule has 19 heteroatoms. The highest BCUT2D eigenvalue weighted by atomic mass is 19.2. The number of fused-ring (bicyclic) bond motifs is 4. The average molecular weight is 829 g/mol. The molecule has 3 aromatic heterocycles. The van der Waals surface area contributed by atoms with Crippen LogP contribution in [0.2, 0.25) is 0 Å². The van der Waals surface area contributed by atoms with E-state index in [1.54, 1.807) is 11.6 Å². The molecule has 2 bridgehead atoms. The Labute approximate surface area is 340 Å². The van der Waals surface area contributed by atoms with E-state index in [4.69, 9.17) is 9.51 Å². The Balaban J connectivity index is 0.763. The molecule has 0 radical (unpaired) electrons. The Bertz CT molecular complexity index is 2560. The first-order chi connectivity index (χ1) is 28.8. The number of anilines is 1. The van der Waals surface area contributed by atoms with Crippen LogP contribution in [0.5, 0.6) is 5.75 Å². The highest BCUT2D eigenvalue weighted by molar-refractivity contribution is 6.00. The first-order valence-corrected chi connectivity index (χ1v) is 20.2. The predicted molar refractivity (Wildman–Crippen MR) is 208 cm³/mol. The minimum atomic E-state index is -1.80. The van der Waals surface area contributed by atoms with Crippen LogP contribution in [-0.4, -0.2) is 96.5 Å². The number of phenols is 1. The van der Waals surface area contributed by atoms with Crippen molar-refractivity contribution in [2.75, 3.05) is 44.2 Å². The van der Waals surface area contributed by atoms with Crippen molar-refractivity contribution in [3.05, 3.63) is 81.4 Å². The van der Waals surface area contributed by atoms with Crippen molar-refractivity contribution in [1.29, 1.82) is 0 Å². The number of aryl methyl sites for hydroxylation is 1. The monoisotopic (exact) mass is 828 g/mol. The van der Waals surface area contributed by atoms with Gasteiger partial charge in [-0.15, -0.1) is 10.2 Å². The van der Waals surface area contributed by atoms with Crippen LogP contribution in [-0.2, 0) is 28.5 Å². The molecule has 2 saturated heterocycles. The lowest BCUT2D eigenvalue weighted by Crippen LogP contribution is -2.49. The Morgan fingerprint density at radius 1 is 0.950 bits per heavy atom. The standard InChI is InChI=1S/C41H43F3N10O6/c1-51-29-20-23(2-4-27(29)54(39(51)59)28-5-7-31(55)46-37(28)58)8-15-52-16-18-53(19-17-52)30-6-3-26(48-49-30)35-47-38(60-50-35)41-12-9-40(10-13-41,11-14-41)22-45-36(57)24-21-25(42)34(56)33(44)32(24)43/h2-4,6,20-21,28,56H,5,7-19,22H2,1H3,(H,45,57)(H,46,55,58). The number of aromatic hydroxyl groups is 1. The molecular formula is C41H43F3N10O6. The topological polar surface area (TPSA) is 194 Å². The van der Waals surface area contributed by atoms with Crippen LogP contribution in [0.25, 0.3) is 22.6 Å². The van der Waals surface area contributed by atoms with Gasteiger partial charge in [0.25, 0.3) is 5.91 Å². The minimum absolute atomic E-state index is 0.193. The molecule has 1 unspecified atom stereocenters. The van der Waals surface area contributed by atoms with Gasteiger partial charge in [-0.2, -0.15) is 9.37 Å². The summed E-state index contributed by atoms with van der Waals surface area (Å²) in [4.78, 5) is 59.3. The summed E-state index contributed by atoms with van der Waals surface area (Å²) in [6, 6.07) is 9.40. The van der Waals surface area contributed by atoms with Gasteiger partial charge in [0.05, 0.1) is 16.6 Å². The normalized spacial score (nSPS) is 23.3. The highest BCUT2D eigenvalue weighted by Gasteiger charge is 2.52. The Morgan fingerprint density at radius 3 is 2.40 bits per heavy atom. The molecule has 1 atom stereocenters. The van der Waals surface area contributed by atoms with Crippen LogP contribution >= 0.6 is 0 Å². The molecular weight excluding hydrogens is 786 g/mol. The maximum Gasteiger partial charge on any atom is 0.329 e. The van der Waals surface area contributed by atoms with Gasteiger partial charge in [0.1, 0.15) is 11.7 Å². The molecule has 3 amide bonds. The van der Waals surface area contributed by atoms with Crippen molar-refractivity contribution < 1.29 is 37.2 Å². The number of hydrogen-bond acceptors (Lipinski definition) is 12. The number of carbonyl (C=O) groups excluding carboxylic acids is 3. The summed E-state index contributed by atoms with van der Waals surface area (Å²) in [6.45, 7) is 4.24. The zero-order valence-electron chi connectivity index (χ0n) is 32.8. The molecule has 5 aliphatic rings. The van der Waals surface area contributed by atoms with Crippen LogP contribution in [0.15, 0.2) is 45.7 Å². The molecule has 60 heavy (non-hydrogen) atoms. The van der Waals surface area contributed by atoms with Gasteiger partial charge in [0.2, 0.25) is 29.3 Å². The van der Waals surface area contributed by atoms with Crippen molar-refractivity contribution >= 4 is 34.6 Å². The molecule has 2 aliphatic heterocycles. The van der Waals surface area contributed by atoms with Gasteiger partial charge in [-0.05, 0) is 92.7 Å². The fourth-order valence-electron chi connectivity index (χ4n) is 9.40. The number of nitrogens with one attached hydrogen (secondary N) is 2. The molecule has 3 saturated carbocycles. The lowest BCUT2D eigenvalue weighted by atomic mass is 9.53. The first-order valence-electron chi connectivity index (χ1n) is 20.2. The van der Waals surface area contributed by atoms with Crippen molar-refractivity contribution in [3.63, 3.8) is 0 Å². The van der Waals surface area contributed by atoms with Crippen LogP contribution < -0.4 is 21.2 Å². The van der Waals surface area contributed by atoms with Crippen LogP contribution in [0.1, 0.15) is 79.2 Å². The van der Waals surface area contributed by atoms with E-state index in [9.17, 15) is 37.5 Å². The molecule has 3 aliphatic carbocycles. The van der Waals surface area contributed by atoms with Crippen molar-refractivity contribution in [3.8, 4) is 17.3 Å². The van der Waals surface area contributed by atoms with Crippen LogP contribution in [0.4, 0.5) is 19.0 Å². The van der Waals surface area contributed by atoms with Crippen molar-refractivity contribution in [1.82, 2.24) is 45.0 Å². The number of benzene rings is 2. The molecule has 5 heterocycles. The van der Waals surface area contributed by atoms with Gasteiger partial charge in [0, 0.05) is 58.2 Å². The van der Waals surface area contributed by atoms with Gasteiger partial charge in [0.15, 0.2) is 23.2 Å². The van der Waals surface area contributed by atoms with Crippen molar-refractivity contribution in [2.45, 2.75) is 69.2 Å². The fraction of sp³-hybridized carbons (Fsp3) is 0.463. The quantitative estimate of drug-likeness (QED) is 0.137. The number of nitrogens with zero attached hydrogens (tertiary/aromatic N) is 8. The van der Waals surface area contributed by atoms with Gasteiger partial charge in [-0.1, -0.05) is 11.2 Å². The van der Waals surface area contributed by atoms with Crippen LogP contribution in [0.3, 0.4) is 0 Å². The lowest BCUT2D eigenvalue weighted by molar-refractivity contribution is -0.135. The number of imide groups is 1. The number of piperidine rings is 1. The van der Waals surface area contributed by atoms with Gasteiger partial charge < -0.3 is 19.8 Å². The van der Waals surface area contributed by atoms with E-state index in [-0.39, 0.29) is 35.4 Å². The second-order valence-electron chi connectivity index (χ2n) is 16.6. The average Bonchev–Trinajstić information content (AvgIpc) is 3.87. The minimum Gasteiger partial charge on any atom is -0.503 e. The molecule has 3 N–H and O–H groups in total. The molecule has 10 rings (SSSR count). The molecule has 16 nitrogen and oxygen atoms in total. The van der Waals surface area contributed by atoms with E-state index < -0.39 is 46.6 Å². The van der Waals surface area contributed by atoms with Gasteiger partial charge in [-0.25, -0.2) is 13.6 Å². The molecule has 0 spiro atoms. The Kier molecular flexibility index (Phi) is 9.95. The number of amides is 3. The van der Waals surface area contributed by atoms with E-state index in [2.05, 4.69) is 35.8 Å².